The van der Waals surface area contributed by atoms with Crippen molar-refractivity contribution < 1.29 is 24.0 Å². The third-order valence-corrected chi connectivity index (χ3v) is 6.17. The van der Waals surface area contributed by atoms with E-state index in [1.807, 2.05) is 0 Å². The lowest BCUT2D eigenvalue weighted by Gasteiger charge is -2.17. The summed E-state index contributed by atoms with van der Waals surface area (Å²) in [7, 11) is 0. The van der Waals surface area contributed by atoms with E-state index in [1.165, 1.54) is 35.2 Å². The minimum Gasteiger partial charge on any atom is -0.457 e. The number of esters is 1. The lowest BCUT2D eigenvalue weighted by Crippen LogP contribution is -2.27. The van der Waals surface area contributed by atoms with Crippen molar-refractivity contribution in [3.63, 3.8) is 0 Å². The van der Waals surface area contributed by atoms with Gasteiger partial charge in [0.2, 0.25) is 11.7 Å². The van der Waals surface area contributed by atoms with Crippen LogP contribution < -0.4 is 4.90 Å². The Balaban J connectivity index is 1.37. The quantitative estimate of drug-likeness (QED) is 0.183. The zero-order chi connectivity index (χ0) is 25.1. The van der Waals surface area contributed by atoms with Gasteiger partial charge in [0.15, 0.2) is 6.61 Å². The van der Waals surface area contributed by atoms with Gasteiger partial charge < -0.3 is 9.64 Å². The van der Waals surface area contributed by atoms with Gasteiger partial charge in [0.25, 0.3) is 5.69 Å². The number of nitro benzene ring substituents is 1. The summed E-state index contributed by atoms with van der Waals surface area (Å²) in [5.74, 6) is -2.04. The van der Waals surface area contributed by atoms with Gasteiger partial charge in [0.1, 0.15) is 0 Å². The highest BCUT2D eigenvalue weighted by molar-refractivity contribution is 6.36. The second-order valence-corrected chi connectivity index (χ2v) is 8.75. The van der Waals surface area contributed by atoms with E-state index in [0.717, 1.165) is 11.1 Å². The number of Topliss-reactive ketones (excluding diaryl/α,β-unsaturated/α-hetero) is 1. The molecule has 0 spiro atoms. The Bertz CT molecular complexity index is 1310. The first kappa shape index (κ1) is 24.4. The highest BCUT2D eigenvalue weighted by Gasteiger charge is 2.36. The molecule has 0 unspecified atom stereocenters. The number of non-ortho nitro benzene ring substituents is 1. The molecule has 1 fully saturated rings. The molecule has 3 aromatic carbocycles. The fourth-order valence-corrected chi connectivity index (χ4v) is 4.29. The van der Waals surface area contributed by atoms with Crippen LogP contribution >= 0.6 is 23.2 Å². The molecule has 0 N–H and O–H groups in total. The van der Waals surface area contributed by atoms with Crippen LogP contribution in [0.4, 0.5) is 11.4 Å². The predicted octanol–water partition coefficient (Wildman–Crippen LogP) is 5.35. The van der Waals surface area contributed by atoms with Crippen molar-refractivity contribution in [3.8, 4) is 11.1 Å². The number of rotatable bonds is 7. The number of hydrogen-bond donors (Lipinski definition) is 0. The highest BCUT2D eigenvalue weighted by Crippen LogP contribution is 2.29. The first-order chi connectivity index (χ1) is 16.7. The summed E-state index contributed by atoms with van der Waals surface area (Å²) in [6.07, 6.45) is -0.0289. The number of nitrogens with zero attached hydrogens (tertiary/aromatic N) is 2. The van der Waals surface area contributed by atoms with Crippen LogP contribution in [0, 0.1) is 16.0 Å². The first-order valence-corrected chi connectivity index (χ1v) is 11.3. The molecule has 0 bridgehead atoms. The number of ketones is 1. The van der Waals surface area contributed by atoms with Crippen LogP contribution in [0.2, 0.25) is 10.0 Å². The van der Waals surface area contributed by atoms with Gasteiger partial charge >= 0.3 is 5.97 Å². The molecule has 1 atom stereocenters. The summed E-state index contributed by atoms with van der Waals surface area (Å²) in [5.41, 5.74) is 2.43. The van der Waals surface area contributed by atoms with Crippen molar-refractivity contribution in [2.24, 2.45) is 5.92 Å². The highest BCUT2D eigenvalue weighted by atomic mass is 35.5. The molecule has 1 aliphatic heterocycles. The molecule has 10 heteroatoms. The molecule has 1 heterocycles. The molecule has 0 saturated carbocycles. The SMILES string of the molecule is O=C(COC(=O)[C@@H]1CC(=O)N(c2ccc(-c3ccc([N+](=O)[O-])cc3)cc2)C1)c1ccc(Cl)cc1Cl. The van der Waals surface area contributed by atoms with E-state index in [1.54, 1.807) is 36.4 Å². The summed E-state index contributed by atoms with van der Waals surface area (Å²) in [5, 5.41) is 11.4. The van der Waals surface area contributed by atoms with Gasteiger partial charge in [0.05, 0.1) is 15.9 Å². The molecule has 0 radical (unpaired) electrons. The Morgan fingerprint density at radius 3 is 2.23 bits per heavy atom. The molecule has 1 saturated heterocycles. The largest absolute Gasteiger partial charge is 0.457 e. The Kier molecular flexibility index (Phi) is 7.14. The van der Waals surface area contributed by atoms with Crippen LogP contribution in [-0.2, 0) is 14.3 Å². The van der Waals surface area contributed by atoms with Crippen molar-refractivity contribution in [2.75, 3.05) is 18.1 Å². The predicted molar refractivity (Wildman–Crippen MR) is 131 cm³/mol. The molecule has 4 rings (SSSR count). The van der Waals surface area contributed by atoms with E-state index in [4.69, 9.17) is 27.9 Å². The van der Waals surface area contributed by atoms with Gasteiger partial charge in [0, 0.05) is 41.4 Å². The zero-order valence-electron chi connectivity index (χ0n) is 18.1. The Morgan fingerprint density at radius 2 is 1.63 bits per heavy atom. The summed E-state index contributed by atoms with van der Waals surface area (Å²) in [6, 6.07) is 17.6. The molecule has 1 amide bonds. The minimum atomic E-state index is -0.703. The fourth-order valence-electron chi connectivity index (χ4n) is 3.77. The molecular formula is C25H18Cl2N2O6. The molecule has 3 aromatic rings. The number of nitro groups is 1. The van der Waals surface area contributed by atoms with E-state index < -0.39 is 29.2 Å². The third kappa shape index (κ3) is 5.50. The maximum atomic E-state index is 12.5. The third-order valence-electron chi connectivity index (χ3n) is 5.63. The van der Waals surface area contributed by atoms with E-state index >= 15 is 0 Å². The minimum absolute atomic E-state index is 0.00363. The van der Waals surface area contributed by atoms with Gasteiger partial charge in [-0.2, -0.15) is 0 Å². The van der Waals surface area contributed by atoms with Gasteiger partial charge in [-0.1, -0.05) is 35.3 Å². The van der Waals surface area contributed by atoms with Crippen molar-refractivity contribution in [1.82, 2.24) is 0 Å². The number of halogens is 2. The van der Waals surface area contributed by atoms with Gasteiger partial charge in [-0.05, 0) is 53.6 Å². The van der Waals surface area contributed by atoms with Crippen molar-refractivity contribution >= 4 is 52.2 Å². The molecule has 8 nitrogen and oxygen atoms in total. The van der Waals surface area contributed by atoms with Gasteiger partial charge in [-0.3, -0.25) is 24.5 Å². The van der Waals surface area contributed by atoms with Crippen LogP contribution in [0.3, 0.4) is 0 Å². The lowest BCUT2D eigenvalue weighted by atomic mass is 10.0. The van der Waals surface area contributed by atoms with E-state index in [9.17, 15) is 24.5 Å². The van der Waals surface area contributed by atoms with Gasteiger partial charge in [-0.25, -0.2) is 0 Å². The second kappa shape index (κ2) is 10.2. The van der Waals surface area contributed by atoms with Crippen molar-refractivity contribution in [2.45, 2.75) is 6.42 Å². The van der Waals surface area contributed by atoms with Gasteiger partial charge in [-0.15, -0.1) is 0 Å². The summed E-state index contributed by atoms with van der Waals surface area (Å²) in [6.45, 7) is -0.362. The van der Waals surface area contributed by atoms with Crippen LogP contribution in [0.5, 0.6) is 0 Å². The number of benzene rings is 3. The van der Waals surface area contributed by atoms with Crippen LogP contribution in [-0.4, -0.2) is 35.7 Å². The smallest absolute Gasteiger partial charge is 0.311 e. The topological polar surface area (TPSA) is 107 Å². The maximum absolute atomic E-state index is 12.5. The van der Waals surface area contributed by atoms with E-state index in [-0.39, 0.29) is 35.1 Å². The normalized spacial score (nSPS) is 15.2. The van der Waals surface area contributed by atoms with Crippen LogP contribution in [0.15, 0.2) is 66.7 Å². The maximum Gasteiger partial charge on any atom is 0.311 e. The first-order valence-electron chi connectivity index (χ1n) is 10.5. The van der Waals surface area contributed by atoms with Crippen LogP contribution in [0.1, 0.15) is 16.8 Å². The van der Waals surface area contributed by atoms with E-state index in [0.29, 0.717) is 10.7 Å². The monoisotopic (exact) mass is 512 g/mol. The fraction of sp³-hybridized carbons (Fsp3) is 0.160. The summed E-state index contributed by atoms with van der Waals surface area (Å²) in [4.78, 5) is 49.2. The molecular weight excluding hydrogens is 495 g/mol. The molecule has 35 heavy (non-hydrogen) atoms. The lowest BCUT2D eigenvalue weighted by molar-refractivity contribution is -0.384. The number of amides is 1. The standard InChI is InChI=1S/C25H18Cl2N2O6/c26-18-5-10-21(22(27)12-18)23(30)14-35-25(32)17-11-24(31)28(13-17)19-6-1-15(2-7-19)16-3-8-20(9-4-16)29(33)34/h1-10,12,17H,11,13-14H2/t17-/m1/s1. The van der Waals surface area contributed by atoms with Crippen LogP contribution in [0.25, 0.3) is 11.1 Å². The summed E-state index contributed by atoms with van der Waals surface area (Å²) < 4.78 is 5.16. The summed E-state index contributed by atoms with van der Waals surface area (Å²) >= 11 is 11.8. The molecule has 0 aliphatic carbocycles. The van der Waals surface area contributed by atoms with Crippen molar-refractivity contribution in [3.05, 3.63) is 92.5 Å². The molecule has 1 aliphatic rings. The molecule has 178 valence electrons. The number of ether oxygens (including phenoxy) is 1. The Labute approximate surface area is 210 Å². The second-order valence-electron chi connectivity index (χ2n) is 7.91. The molecule has 0 aromatic heterocycles. The number of carbonyl (C=O) groups excluding carboxylic acids is 3. The van der Waals surface area contributed by atoms with E-state index in [2.05, 4.69) is 0 Å². The van der Waals surface area contributed by atoms with Crippen molar-refractivity contribution in [1.29, 1.82) is 0 Å². The number of carbonyl (C=O) groups is 3. The number of anilines is 1. The average Bonchev–Trinajstić information content (AvgIpc) is 3.24. The Morgan fingerprint density at radius 1 is 1.00 bits per heavy atom. The zero-order valence-corrected chi connectivity index (χ0v) is 19.7. The number of hydrogen-bond acceptors (Lipinski definition) is 6. The Hall–Kier alpha value is -3.75. The average molecular weight is 513 g/mol.